The molecule has 0 aromatic heterocycles. The molecule has 1 rings (SSSR count). The zero-order valence-corrected chi connectivity index (χ0v) is 7.47. The van der Waals surface area contributed by atoms with Crippen molar-refractivity contribution in [2.75, 3.05) is 13.1 Å². The molecule has 2 heteroatoms. The van der Waals surface area contributed by atoms with Gasteiger partial charge in [-0.15, -0.1) is 0 Å². The minimum atomic E-state index is 0.705. The fourth-order valence-corrected chi connectivity index (χ4v) is 1.16. The molecule has 0 aliphatic heterocycles. The number of hydrogen-bond donors (Lipinski definition) is 2. The van der Waals surface area contributed by atoms with E-state index in [0.29, 0.717) is 5.92 Å². The summed E-state index contributed by atoms with van der Waals surface area (Å²) in [7, 11) is 0. The van der Waals surface area contributed by atoms with Gasteiger partial charge in [0.2, 0.25) is 0 Å². The average Bonchev–Trinajstić information content (AvgIpc) is 2.81. The van der Waals surface area contributed by atoms with Crippen LogP contribution in [0, 0.1) is 5.92 Å². The summed E-state index contributed by atoms with van der Waals surface area (Å²) < 4.78 is 0. The van der Waals surface area contributed by atoms with Gasteiger partial charge < -0.3 is 11.1 Å². The van der Waals surface area contributed by atoms with Crippen LogP contribution in [0.1, 0.15) is 32.6 Å². The Labute approximate surface area is 69.5 Å². The van der Waals surface area contributed by atoms with Crippen molar-refractivity contribution in [3.8, 4) is 0 Å². The van der Waals surface area contributed by atoms with Crippen LogP contribution in [0.3, 0.4) is 0 Å². The van der Waals surface area contributed by atoms with Crippen LogP contribution in [0.5, 0.6) is 0 Å². The van der Waals surface area contributed by atoms with Crippen LogP contribution in [0.4, 0.5) is 0 Å². The van der Waals surface area contributed by atoms with Crippen molar-refractivity contribution in [2.24, 2.45) is 11.7 Å². The van der Waals surface area contributed by atoms with Crippen molar-refractivity contribution in [3.63, 3.8) is 0 Å². The minimum Gasteiger partial charge on any atom is -0.330 e. The van der Waals surface area contributed by atoms with Crippen LogP contribution in [-0.2, 0) is 0 Å². The van der Waals surface area contributed by atoms with Gasteiger partial charge in [-0.1, -0.05) is 6.92 Å². The SMILES string of the molecule is CC(CN)CCCNC1CC1. The van der Waals surface area contributed by atoms with E-state index < -0.39 is 0 Å². The van der Waals surface area contributed by atoms with E-state index >= 15 is 0 Å². The number of nitrogens with one attached hydrogen (secondary N) is 1. The van der Waals surface area contributed by atoms with E-state index in [1.807, 2.05) is 0 Å². The molecule has 0 radical (unpaired) electrons. The lowest BCUT2D eigenvalue weighted by atomic mass is 10.1. The van der Waals surface area contributed by atoms with Crippen LogP contribution in [0.25, 0.3) is 0 Å². The van der Waals surface area contributed by atoms with Gasteiger partial charge in [-0.05, 0) is 44.7 Å². The highest BCUT2D eigenvalue weighted by atomic mass is 14.9. The van der Waals surface area contributed by atoms with E-state index in [4.69, 9.17) is 5.73 Å². The highest BCUT2D eigenvalue weighted by Gasteiger charge is 2.19. The maximum Gasteiger partial charge on any atom is 0.00682 e. The molecule has 1 fully saturated rings. The molecule has 0 saturated heterocycles. The number of nitrogens with two attached hydrogens (primary N) is 1. The standard InChI is InChI=1S/C9H20N2/c1-8(7-10)3-2-6-11-9-4-5-9/h8-9,11H,2-7,10H2,1H3. The van der Waals surface area contributed by atoms with Gasteiger partial charge in [0, 0.05) is 6.04 Å². The molecule has 0 aromatic carbocycles. The molecule has 0 aromatic rings. The predicted octanol–water partition coefficient (Wildman–Crippen LogP) is 1.11. The zero-order valence-electron chi connectivity index (χ0n) is 7.47. The summed E-state index contributed by atoms with van der Waals surface area (Å²) in [5.41, 5.74) is 5.51. The first-order chi connectivity index (χ1) is 5.33. The molecule has 3 N–H and O–H groups in total. The molecule has 11 heavy (non-hydrogen) atoms. The Balaban J connectivity index is 1.79. The second-order valence-corrected chi connectivity index (χ2v) is 3.71. The van der Waals surface area contributed by atoms with E-state index in [-0.39, 0.29) is 0 Å². The van der Waals surface area contributed by atoms with E-state index in [9.17, 15) is 0 Å². The monoisotopic (exact) mass is 156 g/mol. The van der Waals surface area contributed by atoms with Gasteiger partial charge in [-0.2, -0.15) is 0 Å². The first kappa shape index (κ1) is 9.01. The van der Waals surface area contributed by atoms with Crippen molar-refractivity contribution in [3.05, 3.63) is 0 Å². The third-order valence-electron chi connectivity index (χ3n) is 2.29. The highest BCUT2D eigenvalue weighted by Crippen LogP contribution is 2.18. The van der Waals surface area contributed by atoms with Crippen molar-refractivity contribution in [1.82, 2.24) is 5.32 Å². The largest absolute Gasteiger partial charge is 0.330 e. The van der Waals surface area contributed by atoms with E-state index in [1.165, 1.54) is 32.2 Å². The van der Waals surface area contributed by atoms with Crippen molar-refractivity contribution in [2.45, 2.75) is 38.6 Å². The summed E-state index contributed by atoms with van der Waals surface area (Å²) in [5.74, 6) is 0.705. The summed E-state index contributed by atoms with van der Waals surface area (Å²) in [6, 6.07) is 0.864. The van der Waals surface area contributed by atoms with E-state index in [0.717, 1.165) is 12.6 Å². The molecule has 2 nitrogen and oxygen atoms in total. The third-order valence-corrected chi connectivity index (χ3v) is 2.29. The Bertz CT molecular complexity index is 99.7. The molecule has 0 heterocycles. The quantitative estimate of drug-likeness (QED) is 0.565. The Morgan fingerprint density at radius 1 is 1.55 bits per heavy atom. The Morgan fingerprint density at radius 2 is 2.27 bits per heavy atom. The second kappa shape index (κ2) is 4.73. The van der Waals surface area contributed by atoms with Crippen LogP contribution in [-0.4, -0.2) is 19.1 Å². The van der Waals surface area contributed by atoms with Crippen LogP contribution < -0.4 is 11.1 Å². The van der Waals surface area contributed by atoms with Gasteiger partial charge >= 0.3 is 0 Å². The topological polar surface area (TPSA) is 38.0 Å². The van der Waals surface area contributed by atoms with Gasteiger partial charge in [0.25, 0.3) is 0 Å². The summed E-state index contributed by atoms with van der Waals surface area (Å²) in [4.78, 5) is 0. The van der Waals surface area contributed by atoms with E-state index in [2.05, 4.69) is 12.2 Å². The average molecular weight is 156 g/mol. The molecular weight excluding hydrogens is 136 g/mol. The summed E-state index contributed by atoms with van der Waals surface area (Å²) >= 11 is 0. The minimum absolute atomic E-state index is 0.705. The second-order valence-electron chi connectivity index (χ2n) is 3.71. The molecule has 0 spiro atoms. The first-order valence-corrected chi connectivity index (χ1v) is 4.76. The number of rotatable bonds is 6. The summed E-state index contributed by atoms with van der Waals surface area (Å²) in [6.07, 6.45) is 5.35. The lowest BCUT2D eigenvalue weighted by Gasteiger charge is -2.07. The van der Waals surface area contributed by atoms with Crippen LogP contribution in [0.2, 0.25) is 0 Å². The maximum atomic E-state index is 5.51. The molecule has 0 amide bonds. The van der Waals surface area contributed by atoms with Crippen molar-refractivity contribution in [1.29, 1.82) is 0 Å². The van der Waals surface area contributed by atoms with Crippen LogP contribution in [0.15, 0.2) is 0 Å². The lowest BCUT2D eigenvalue weighted by Crippen LogP contribution is -2.19. The predicted molar refractivity (Wildman–Crippen MR) is 48.5 cm³/mol. The Kier molecular flexibility index (Phi) is 3.87. The van der Waals surface area contributed by atoms with Gasteiger partial charge in [-0.3, -0.25) is 0 Å². The third kappa shape index (κ3) is 4.38. The van der Waals surface area contributed by atoms with E-state index in [1.54, 1.807) is 0 Å². The van der Waals surface area contributed by atoms with Gasteiger partial charge in [-0.25, -0.2) is 0 Å². The van der Waals surface area contributed by atoms with Gasteiger partial charge in [0.1, 0.15) is 0 Å². The maximum absolute atomic E-state index is 5.51. The Hall–Kier alpha value is -0.0800. The van der Waals surface area contributed by atoms with Crippen molar-refractivity contribution < 1.29 is 0 Å². The molecule has 66 valence electrons. The van der Waals surface area contributed by atoms with Gasteiger partial charge in [0.15, 0.2) is 0 Å². The molecule has 0 bridgehead atoms. The molecule has 1 unspecified atom stereocenters. The summed E-state index contributed by atoms with van der Waals surface area (Å²) in [5, 5.41) is 3.50. The highest BCUT2D eigenvalue weighted by molar-refractivity contribution is 4.80. The van der Waals surface area contributed by atoms with Crippen molar-refractivity contribution >= 4 is 0 Å². The Morgan fingerprint density at radius 3 is 2.82 bits per heavy atom. The molecule has 1 aliphatic rings. The normalized spacial score (nSPS) is 20.2. The van der Waals surface area contributed by atoms with Crippen LogP contribution >= 0.6 is 0 Å². The number of hydrogen-bond acceptors (Lipinski definition) is 2. The molecule has 1 saturated carbocycles. The first-order valence-electron chi connectivity index (χ1n) is 4.76. The smallest absolute Gasteiger partial charge is 0.00682 e. The fraction of sp³-hybridized carbons (Fsp3) is 1.00. The molecule has 1 aliphatic carbocycles. The molecule has 1 atom stereocenters. The zero-order chi connectivity index (χ0) is 8.10. The summed E-state index contributed by atoms with van der Waals surface area (Å²) in [6.45, 7) is 4.25. The van der Waals surface area contributed by atoms with Gasteiger partial charge in [0.05, 0.1) is 0 Å². The molecular formula is C9H20N2. The fourth-order valence-electron chi connectivity index (χ4n) is 1.16. The lowest BCUT2D eigenvalue weighted by molar-refractivity contribution is 0.500.